The first-order valence-electron chi connectivity index (χ1n) is 7.90. The Balaban J connectivity index is 2.06. The van der Waals surface area contributed by atoms with Gasteiger partial charge >= 0.3 is 0 Å². The molecule has 6 heteroatoms. The van der Waals surface area contributed by atoms with Crippen molar-refractivity contribution in [3.05, 3.63) is 58.4 Å². The fraction of sp³-hybridized carbons (Fsp3) is 0.316. The maximum atomic E-state index is 12.3. The Kier molecular flexibility index (Phi) is 5.80. The Labute approximate surface area is 152 Å². The van der Waals surface area contributed by atoms with Crippen LogP contribution < -0.4 is 5.32 Å². The summed E-state index contributed by atoms with van der Waals surface area (Å²) in [6, 6.07) is 7.96. The molecule has 0 spiro atoms. The minimum absolute atomic E-state index is 0.0576. The van der Waals surface area contributed by atoms with Gasteiger partial charge in [-0.1, -0.05) is 32.4 Å². The van der Waals surface area contributed by atoms with Gasteiger partial charge in [0.05, 0.1) is 0 Å². The zero-order valence-corrected chi connectivity index (χ0v) is 15.2. The molecular formula is C19H21ClN2O3. The number of ketones is 1. The van der Waals surface area contributed by atoms with Gasteiger partial charge in [0.15, 0.2) is 0 Å². The number of carbonyl (C=O) groups excluding carboxylic acids is 2. The minimum atomic E-state index is -0.435. The van der Waals surface area contributed by atoms with E-state index in [-0.39, 0.29) is 36.1 Å². The highest BCUT2D eigenvalue weighted by molar-refractivity contribution is 6.30. The topological polar surface area (TPSA) is 79.3 Å². The number of halogens is 1. The van der Waals surface area contributed by atoms with Crippen molar-refractivity contribution >= 4 is 23.3 Å². The number of phenols is 1. The number of hydrogen-bond donors (Lipinski definition) is 2. The first kappa shape index (κ1) is 18.9. The molecule has 0 atom stereocenters. The lowest BCUT2D eigenvalue weighted by atomic mass is 9.87. The van der Waals surface area contributed by atoms with Crippen LogP contribution in [-0.2, 0) is 17.8 Å². The molecule has 2 rings (SSSR count). The minimum Gasteiger partial charge on any atom is -0.508 e. The number of benzene rings is 1. The monoisotopic (exact) mass is 360 g/mol. The van der Waals surface area contributed by atoms with Gasteiger partial charge in [0.1, 0.15) is 17.2 Å². The van der Waals surface area contributed by atoms with Crippen LogP contribution >= 0.6 is 11.6 Å². The predicted molar refractivity (Wildman–Crippen MR) is 96.7 cm³/mol. The van der Waals surface area contributed by atoms with E-state index < -0.39 is 5.41 Å². The third-order valence-electron chi connectivity index (χ3n) is 3.74. The number of phenolic OH excluding ortho intramolecular Hbond substituents is 1. The van der Waals surface area contributed by atoms with E-state index in [0.717, 1.165) is 5.56 Å². The maximum absolute atomic E-state index is 12.3. The van der Waals surface area contributed by atoms with Crippen molar-refractivity contribution in [3.8, 4) is 5.75 Å². The molecule has 132 valence electrons. The van der Waals surface area contributed by atoms with E-state index in [9.17, 15) is 14.7 Å². The summed E-state index contributed by atoms with van der Waals surface area (Å²) >= 11 is 5.89. The summed E-state index contributed by atoms with van der Waals surface area (Å²) in [5, 5.41) is 12.9. The lowest BCUT2D eigenvalue weighted by molar-refractivity contribution is -0.125. The summed E-state index contributed by atoms with van der Waals surface area (Å²) in [4.78, 5) is 28.5. The maximum Gasteiger partial charge on any atom is 0.270 e. The summed E-state index contributed by atoms with van der Waals surface area (Å²) in [6.07, 6.45) is 1.76. The van der Waals surface area contributed by atoms with Crippen molar-refractivity contribution in [2.24, 2.45) is 5.41 Å². The SMILES string of the molecule is CC(C)(C)C(=O)Cc1ccnc(C(=O)NCc2cc(Cl)ccc2O)c1. The molecule has 0 fully saturated rings. The molecule has 1 aromatic carbocycles. The molecule has 0 bridgehead atoms. The lowest BCUT2D eigenvalue weighted by Gasteiger charge is -2.16. The van der Waals surface area contributed by atoms with Crippen molar-refractivity contribution in [3.63, 3.8) is 0 Å². The number of aromatic nitrogens is 1. The van der Waals surface area contributed by atoms with Crippen LogP contribution in [0, 0.1) is 5.41 Å². The largest absolute Gasteiger partial charge is 0.508 e. The number of amides is 1. The number of aromatic hydroxyl groups is 1. The Bertz CT molecular complexity index is 797. The van der Waals surface area contributed by atoms with Crippen LogP contribution in [0.5, 0.6) is 5.75 Å². The van der Waals surface area contributed by atoms with Crippen molar-refractivity contribution in [1.29, 1.82) is 0 Å². The molecule has 5 nitrogen and oxygen atoms in total. The van der Waals surface area contributed by atoms with Crippen LogP contribution in [0.2, 0.25) is 5.02 Å². The Morgan fingerprint density at radius 2 is 1.92 bits per heavy atom. The van der Waals surface area contributed by atoms with Crippen molar-refractivity contribution < 1.29 is 14.7 Å². The molecule has 1 heterocycles. The summed E-state index contributed by atoms with van der Waals surface area (Å²) in [6.45, 7) is 5.71. The number of rotatable bonds is 5. The molecule has 25 heavy (non-hydrogen) atoms. The number of nitrogens with zero attached hydrogens (tertiary/aromatic N) is 1. The summed E-state index contributed by atoms with van der Waals surface area (Å²) in [5.74, 6) is -0.236. The smallest absolute Gasteiger partial charge is 0.270 e. The van der Waals surface area contributed by atoms with Crippen molar-refractivity contribution in [2.45, 2.75) is 33.7 Å². The van der Waals surface area contributed by atoms with E-state index in [1.165, 1.54) is 12.3 Å². The predicted octanol–water partition coefficient (Wildman–Crippen LogP) is 3.53. The number of carbonyl (C=O) groups is 2. The number of pyridine rings is 1. The second kappa shape index (κ2) is 7.66. The van der Waals surface area contributed by atoms with Crippen LogP contribution in [0.15, 0.2) is 36.5 Å². The second-order valence-electron chi connectivity index (χ2n) is 6.85. The normalized spacial score (nSPS) is 11.2. The number of hydrogen-bond acceptors (Lipinski definition) is 4. The summed E-state index contributed by atoms with van der Waals surface area (Å²) in [7, 11) is 0. The van der Waals surface area contributed by atoms with Gasteiger partial charge in [-0.25, -0.2) is 0 Å². The summed E-state index contributed by atoms with van der Waals surface area (Å²) < 4.78 is 0. The fourth-order valence-corrected chi connectivity index (χ4v) is 2.32. The molecule has 0 saturated carbocycles. The standard InChI is InChI=1S/C19H21ClN2O3/c1-19(2,3)17(24)9-12-6-7-21-15(8-12)18(25)22-11-13-10-14(20)4-5-16(13)23/h4-8,10,23H,9,11H2,1-3H3,(H,22,25). The third kappa shape index (κ3) is 5.29. The Morgan fingerprint density at radius 1 is 1.20 bits per heavy atom. The van der Waals surface area contributed by atoms with Crippen LogP contribution in [-0.4, -0.2) is 21.8 Å². The van der Waals surface area contributed by atoms with Gasteiger partial charge in [-0.3, -0.25) is 14.6 Å². The fourth-order valence-electron chi connectivity index (χ4n) is 2.12. The molecule has 1 aromatic heterocycles. The van der Waals surface area contributed by atoms with Gasteiger partial charge in [0.2, 0.25) is 0 Å². The first-order valence-corrected chi connectivity index (χ1v) is 8.28. The molecule has 2 aromatic rings. The second-order valence-corrected chi connectivity index (χ2v) is 7.29. The molecule has 0 aliphatic carbocycles. The van der Waals surface area contributed by atoms with E-state index in [1.807, 2.05) is 20.8 Å². The number of Topliss-reactive ketones (excluding diaryl/α,β-unsaturated/α-hetero) is 1. The Hall–Kier alpha value is -2.40. The molecule has 0 aliphatic rings. The van der Waals surface area contributed by atoms with Crippen molar-refractivity contribution in [2.75, 3.05) is 0 Å². The quantitative estimate of drug-likeness (QED) is 0.854. The Morgan fingerprint density at radius 3 is 2.60 bits per heavy atom. The average molecular weight is 361 g/mol. The zero-order valence-electron chi connectivity index (χ0n) is 14.5. The highest BCUT2D eigenvalue weighted by Crippen LogP contribution is 2.21. The van der Waals surface area contributed by atoms with E-state index in [1.54, 1.807) is 24.3 Å². The molecule has 0 saturated heterocycles. The molecule has 0 radical (unpaired) electrons. The van der Waals surface area contributed by atoms with Crippen LogP contribution in [0.4, 0.5) is 0 Å². The molecule has 1 amide bonds. The number of nitrogens with one attached hydrogen (secondary N) is 1. The lowest BCUT2D eigenvalue weighted by Crippen LogP contribution is -2.25. The third-order valence-corrected chi connectivity index (χ3v) is 3.97. The van der Waals surface area contributed by atoms with Crippen molar-refractivity contribution in [1.82, 2.24) is 10.3 Å². The molecular weight excluding hydrogens is 340 g/mol. The molecule has 2 N–H and O–H groups in total. The van der Waals surface area contributed by atoms with Gasteiger partial charge in [-0.15, -0.1) is 0 Å². The van der Waals surface area contributed by atoms with Gasteiger partial charge in [-0.05, 0) is 35.9 Å². The van der Waals surface area contributed by atoms with Crippen LogP contribution in [0.3, 0.4) is 0 Å². The van der Waals surface area contributed by atoms with E-state index in [0.29, 0.717) is 10.6 Å². The van der Waals surface area contributed by atoms with Gasteiger partial charge in [0, 0.05) is 35.2 Å². The van der Waals surface area contributed by atoms with Crippen LogP contribution in [0.1, 0.15) is 42.4 Å². The zero-order chi connectivity index (χ0) is 18.6. The van der Waals surface area contributed by atoms with Crippen LogP contribution in [0.25, 0.3) is 0 Å². The highest BCUT2D eigenvalue weighted by atomic mass is 35.5. The van der Waals surface area contributed by atoms with Gasteiger partial charge < -0.3 is 10.4 Å². The average Bonchev–Trinajstić information content (AvgIpc) is 2.54. The van der Waals surface area contributed by atoms with E-state index in [2.05, 4.69) is 10.3 Å². The highest BCUT2D eigenvalue weighted by Gasteiger charge is 2.21. The van der Waals surface area contributed by atoms with Gasteiger partial charge in [-0.2, -0.15) is 0 Å². The molecule has 0 aliphatic heterocycles. The van der Waals surface area contributed by atoms with E-state index >= 15 is 0 Å². The van der Waals surface area contributed by atoms with E-state index in [4.69, 9.17) is 11.6 Å². The van der Waals surface area contributed by atoms with Gasteiger partial charge in [0.25, 0.3) is 5.91 Å². The first-order chi connectivity index (χ1) is 11.7. The molecule has 0 unspecified atom stereocenters. The summed E-state index contributed by atoms with van der Waals surface area (Å²) in [5.41, 5.74) is 1.04.